The summed E-state index contributed by atoms with van der Waals surface area (Å²) in [6.07, 6.45) is 4.80. The van der Waals surface area contributed by atoms with Crippen molar-refractivity contribution in [1.82, 2.24) is 9.80 Å². The van der Waals surface area contributed by atoms with Gasteiger partial charge in [-0.3, -0.25) is 4.90 Å². The average molecular weight is 411 g/mol. The van der Waals surface area contributed by atoms with Crippen molar-refractivity contribution in [3.05, 3.63) is 59.7 Å². The van der Waals surface area contributed by atoms with Gasteiger partial charge in [-0.05, 0) is 74.5 Å². The molecule has 1 aliphatic rings. The zero-order valence-corrected chi connectivity index (χ0v) is 18.9. The summed E-state index contributed by atoms with van der Waals surface area (Å²) in [6.45, 7) is 10.1. The molecule has 2 aromatic rings. The van der Waals surface area contributed by atoms with Crippen LogP contribution < -0.4 is 4.74 Å². The van der Waals surface area contributed by atoms with E-state index in [4.69, 9.17) is 4.74 Å². The van der Waals surface area contributed by atoms with Crippen LogP contribution in [0.2, 0.25) is 0 Å². The molecule has 1 fully saturated rings. The topological polar surface area (TPSA) is 35.9 Å². The summed E-state index contributed by atoms with van der Waals surface area (Å²) in [6, 6.07) is 17.2. The van der Waals surface area contributed by atoms with Gasteiger partial charge in [-0.25, -0.2) is 0 Å². The molecule has 1 aliphatic heterocycles. The molecule has 2 aromatic carbocycles. The van der Waals surface area contributed by atoms with Gasteiger partial charge in [0.05, 0.1) is 7.11 Å². The van der Waals surface area contributed by atoms with Crippen LogP contribution in [0.15, 0.2) is 48.5 Å². The van der Waals surface area contributed by atoms with Gasteiger partial charge in [0.1, 0.15) is 0 Å². The van der Waals surface area contributed by atoms with Crippen LogP contribution in [-0.2, 0) is 13.0 Å². The number of hydrogen-bond acceptors (Lipinski definition) is 4. The second kappa shape index (κ2) is 11.4. The van der Waals surface area contributed by atoms with E-state index < -0.39 is 0 Å². The van der Waals surface area contributed by atoms with E-state index in [1.54, 1.807) is 13.2 Å². The van der Waals surface area contributed by atoms with Gasteiger partial charge in [-0.1, -0.05) is 50.2 Å². The maximum absolute atomic E-state index is 9.91. The van der Waals surface area contributed by atoms with E-state index in [0.717, 1.165) is 26.1 Å². The van der Waals surface area contributed by atoms with Gasteiger partial charge >= 0.3 is 0 Å². The molecule has 0 radical (unpaired) electrons. The summed E-state index contributed by atoms with van der Waals surface area (Å²) < 4.78 is 5.31. The quantitative estimate of drug-likeness (QED) is 0.601. The van der Waals surface area contributed by atoms with Gasteiger partial charge in [0.15, 0.2) is 11.5 Å². The number of benzene rings is 2. The Morgan fingerprint density at radius 2 is 1.80 bits per heavy atom. The van der Waals surface area contributed by atoms with E-state index in [1.165, 1.54) is 43.5 Å². The molecule has 164 valence electrons. The minimum absolute atomic E-state index is 0.210. The Hall–Kier alpha value is -2.04. The molecule has 4 heteroatoms. The summed E-state index contributed by atoms with van der Waals surface area (Å²) in [5, 5.41) is 9.91. The zero-order valence-electron chi connectivity index (χ0n) is 18.9. The molecular formula is C26H38N2O2. The number of phenolic OH excluding ortho intramolecular Hbond substituents is 1. The van der Waals surface area contributed by atoms with E-state index in [1.807, 2.05) is 12.1 Å². The van der Waals surface area contributed by atoms with Crippen molar-refractivity contribution in [1.29, 1.82) is 0 Å². The van der Waals surface area contributed by atoms with Crippen molar-refractivity contribution in [2.24, 2.45) is 5.92 Å². The first kappa shape index (κ1) is 22.6. The summed E-state index contributed by atoms with van der Waals surface area (Å²) in [5.41, 5.74) is 2.64. The standard InChI is InChI=1S/C26H38N2O2/c1-21(2)11-18-28(20-23-9-10-25(29)26(19-23)30-3)24-13-16-27(17-14-24)15-12-22-7-5-4-6-8-22/h4-10,19,21,24,29H,11-18,20H2,1-3H3. The Balaban J connectivity index is 1.56. The molecule has 4 nitrogen and oxygen atoms in total. The lowest BCUT2D eigenvalue weighted by Gasteiger charge is -2.39. The number of methoxy groups -OCH3 is 1. The zero-order chi connectivity index (χ0) is 21.3. The second-order valence-electron chi connectivity index (χ2n) is 8.97. The highest BCUT2D eigenvalue weighted by atomic mass is 16.5. The maximum atomic E-state index is 9.91. The molecule has 0 bridgehead atoms. The fourth-order valence-corrected chi connectivity index (χ4v) is 4.31. The lowest BCUT2D eigenvalue weighted by molar-refractivity contribution is 0.0987. The van der Waals surface area contributed by atoms with E-state index in [9.17, 15) is 5.11 Å². The molecule has 0 spiro atoms. The fraction of sp³-hybridized carbons (Fsp3) is 0.538. The average Bonchev–Trinajstić information content (AvgIpc) is 2.77. The third-order valence-corrected chi connectivity index (χ3v) is 6.26. The van der Waals surface area contributed by atoms with E-state index in [2.05, 4.69) is 54.0 Å². The molecule has 1 saturated heterocycles. The Bertz CT molecular complexity index is 755. The third-order valence-electron chi connectivity index (χ3n) is 6.26. The molecule has 0 atom stereocenters. The molecule has 0 aromatic heterocycles. The van der Waals surface area contributed by atoms with Crippen LogP contribution in [-0.4, -0.2) is 54.2 Å². The number of ether oxygens (including phenoxy) is 1. The Morgan fingerprint density at radius 1 is 1.07 bits per heavy atom. The normalized spacial score (nSPS) is 15.8. The SMILES string of the molecule is COc1cc(CN(CCC(C)C)C2CCN(CCc3ccccc3)CC2)ccc1O. The Kier molecular flexibility index (Phi) is 8.59. The van der Waals surface area contributed by atoms with Gasteiger partial charge in [-0.15, -0.1) is 0 Å². The molecule has 1 N–H and O–H groups in total. The van der Waals surface area contributed by atoms with Crippen LogP contribution in [0.3, 0.4) is 0 Å². The number of phenols is 1. The van der Waals surface area contributed by atoms with E-state index >= 15 is 0 Å². The van der Waals surface area contributed by atoms with Gasteiger partial charge in [0.25, 0.3) is 0 Å². The molecule has 0 saturated carbocycles. The van der Waals surface area contributed by atoms with Crippen molar-refractivity contribution in [3.8, 4) is 11.5 Å². The van der Waals surface area contributed by atoms with Gasteiger partial charge in [0, 0.05) is 19.1 Å². The van der Waals surface area contributed by atoms with Gasteiger partial charge in [0.2, 0.25) is 0 Å². The van der Waals surface area contributed by atoms with Crippen LogP contribution in [0, 0.1) is 5.92 Å². The first-order chi connectivity index (χ1) is 14.5. The number of piperidine rings is 1. The van der Waals surface area contributed by atoms with Crippen LogP contribution in [0.1, 0.15) is 44.2 Å². The van der Waals surface area contributed by atoms with Crippen molar-refractivity contribution < 1.29 is 9.84 Å². The summed E-state index contributed by atoms with van der Waals surface area (Å²) >= 11 is 0. The lowest BCUT2D eigenvalue weighted by Crippen LogP contribution is -2.45. The van der Waals surface area contributed by atoms with Crippen LogP contribution in [0.5, 0.6) is 11.5 Å². The summed E-state index contributed by atoms with van der Waals surface area (Å²) in [7, 11) is 1.61. The molecule has 0 unspecified atom stereocenters. The maximum Gasteiger partial charge on any atom is 0.160 e. The summed E-state index contributed by atoms with van der Waals surface area (Å²) in [5.74, 6) is 1.47. The third kappa shape index (κ3) is 6.75. The highest BCUT2D eigenvalue weighted by Crippen LogP contribution is 2.28. The van der Waals surface area contributed by atoms with Crippen molar-refractivity contribution in [2.45, 2.75) is 52.1 Å². The van der Waals surface area contributed by atoms with Crippen LogP contribution in [0.4, 0.5) is 0 Å². The Labute approximate surface area is 182 Å². The highest BCUT2D eigenvalue weighted by molar-refractivity contribution is 5.41. The first-order valence-electron chi connectivity index (χ1n) is 11.4. The fourth-order valence-electron chi connectivity index (χ4n) is 4.31. The lowest BCUT2D eigenvalue weighted by atomic mass is 10.00. The molecular weight excluding hydrogens is 372 g/mol. The van der Waals surface area contributed by atoms with Crippen LogP contribution >= 0.6 is 0 Å². The number of rotatable bonds is 10. The number of hydrogen-bond donors (Lipinski definition) is 1. The molecule has 1 heterocycles. The number of likely N-dealkylation sites (tertiary alicyclic amines) is 1. The second-order valence-corrected chi connectivity index (χ2v) is 8.97. The molecule has 0 amide bonds. The minimum Gasteiger partial charge on any atom is -0.504 e. The number of aromatic hydroxyl groups is 1. The molecule has 30 heavy (non-hydrogen) atoms. The smallest absolute Gasteiger partial charge is 0.160 e. The predicted molar refractivity (Wildman–Crippen MR) is 124 cm³/mol. The molecule has 0 aliphatic carbocycles. The van der Waals surface area contributed by atoms with Gasteiger partial charge in [-0.2, -0.15) is 0 Å². The Morgan fingerprint density at radius 3 is 2.47 bits per heavy atom. The van der Waals surface area contributed by atoms with Crippen molar-refractivity contribution in [2.75, 3.05) is 33.3 Å². The monoisotopic (exact) mass is 410 g/mol. The van der Waals surface area contributed by atoms with Crippen molar-refractivity contribution in [3.63, 3.8) is 0 Å². The minimum atomic E-state index is 0.210. The highest BCUT2D eigenvalue weighted by Gasteiger charge is 2.25. The molecule has 3 rings (SSSR count). The largest absolute Gasteiger partial charge is 0.504 e. The summed E-state index contributed by atoms with van der Waals surface area (Å²) in [4.78, 5) is 5.27. The van der Waals surface area contributed by atoms with E-state index in [-0.39, 0.29) is 5.75 Å². The van der Waals surface area contributed by atoms with E-state index in [0.29, 0.717) is 17.7 Å². The number of nitrogens with zero attached hydrogens (tertiary/aromatic N) is 2. The predicted octanol–water partition coefficient (Wildman–Crippen LogP) is 4.96. The van der Waals surface area contributed by atoms with Gasteiger partial charge < -0.3 is 14.7 Å². The van der Waals surface area contributed by atoms with Crippen molar-refractivity contribution >= 4 is 0 Å². The first-order valence-corrected chi connectivity index (χ1v) is 11.4. The van der Waals surface area contributed by atoms with Crippen LogP contribution in [0.25, 0.3) is 0 Å².